The van der Waals surface area contributed by atoms with Crippen LogP contribution in [0, 0.1) is 0 Å². The predicted molar refractivity (Wildman–Crippen MR) is 75.9 cm³/mol. The second-order valence-electron chi connectivity index (χ2n) is 4.54. The van der Waals surface area contributed by atoms with Crippen molar-refractivity contribution in [3.63, 3.8) is 0 Å². The van der Waals surface area contributed by atoms with Crippen LogP contribution in [0.5, 0.6) is 0 Å². The summed E-state index contributed by atoms with van der Waals surface area (Å²) in [5.74, 6) is 0. The molecule has 2 heterocycles. The van der Waals surface area contributed by atoms with E-state index in [0.717, 1.165) is 38.9 Å². The summed E-state index contributed by atoms with van der Waals surface area (Å²) in [5, 5.41) is 0. The third-order valence-electron chi connectivity index (χ3n) is 2.95. The van der Waals surface area contributed by atoms with Crippen molar-refractivity contribution in [2.45, 2.75) is 25.7 Å². The van der Waals surface area contributed by atoms with E-state index in [1.165, 1.54) is 11.1 Å². The summed E-state index contributed by atoms with van der Waals surface area (Å²) < 4.78 is 5.64. The Morgan fingerprint density at radius 3 is 1.74 bits per heavy atom. The lowest BCUT2D eigenvalue weighted by molar-refractivity contribution is 0.130. The van der Waals surface area contributed by atoms with Crippen molar-refractivity contribution in [2.75, 3.05) is 13.2 Å². The fraction of sp³-hybridized carbons (Fsp3) is 0.375. The highest BCUT2D eigenvalue weighted by molar-refractivity contribution is 5.08. The van der Waals surface area contributed by atoms with Gasteiger partial charge in [0.1, 0.15) is 0 Å². The molecule has 0 aromatic carbocycles. The largest absolute Gasteiger partial charge is 0.381 e. The summed E-state index contributed by atoms with van der Waals surface area (Å²) in [6.45, 7) is 1.64. The highest BCUT2D eigenvalue weighted by Gasteiger charge is 1.95. The Bertz CT molecular complexity index is 401. The minimum atomic E-state index is 0.821. The Kier molecular flexibility index (Phi) is 6.03. The Morgan fingerprint density at radius 1 is 0.789 bits per heavy atom. The quantitative estimate of drug-likeness (QED) is 0.681. The second-order valence-corrected chi connectivity index (χ2v) is 4.54. The maximum absolute atomic E-state index is 5.64. The van der Waals surface area contributed by atoms with Crippen LogP contribution in [0.1, 0.15) is 24.0 Å². The van der Waals surface area contributed by atoms with Gasteiger partial charge in [0.2, 0.25) is 0 Å². The Labute approximate surface area is 114 Å². The summed E-state index contributed by atoms with van der Waals surface area (Å²) in [6.07, 6.45) is 11.6. The van der Waals surface area contributed by atoms with Crippen LogP contribution in [-0.4, -0.2) is 23.2 Å². The van der Waals surface area contributed by atoms with Gasteiger partial charge in [-0.15, -0.1) is 0 Å². The Balaban J connectivity index is 1.49. The smallest absolute Gasteiger partial charge is 0.0469 e. The lowest BCUT2D eigenvalue weighted by Gasteiger charge is -2.04. The maximum atomic E-state index is 5.64. The van der Waals surface area contributed by atoms with Gasteiger partial charge in [0.25, 0.3) is 0 Å². The zero-order valence-corrected chi connectivity index (χ0v) is 11.2. The standard InChI is InChI=1S/C16H20N2O/c1-5-15(13-17-9-1)7-3-11-19-12-4-8-16-6-2-10-18-14-16/h1-2,5-6,9-10,13-14H,3-4,7-8,11-12H2. The highest BCUT2D eigenvalue weighted by atomic mass is 16.5. The molecule has 0 aliphatic rings. The van der Waals surface area contributed by atoms with Crippen molar-refractivity contribution in [3.05, 3.63) is 60.2 Å². The van der Waals surface area contributed by atoms with E-state index in [4.69, 9.17) is 4.74 Å². The minimum absolute atomic E-state index is 0.821. The lowest BCUT2D eigenvalue weighted by Crippen LogP contribution is -2.00. The fourth-order valence-electron chi connectivity index (χ4n) is 1.95. The molecule has 0 aliphatic heterocycles. The zero-order valence-electron chi connectivity index (χ0n) is 11.2. The van der Waals surface area contributed by atoms with Gasteiger partial charge in [-0.2, -0.15) is 0 Å². The summed E-state index contributed by atoms with van der Waals surface area (Å²) >= 11 is 0. The number of pyridine rings is 2. The molecule has 0 unspecified atom stereocenters. The number of hydrogen-bond acceptors (Lipinski definition) is 3. The molecule has 0 radical (unpaired) electrons. The number of aromatic nitrogens is 2. The van der Waals surface area contributed by atoms with Crippen LogP contribution in [0.15, 0.2) is 49.1 Å². The van der Waals surface area contributed by atoms with Crippen LogP contribution < -0.4 is 0 Å². The molecule has 2 rings (SSSR count). The SMILES string of the molecule is c1cncc(CCCOCCCc2cccnc2)c1. The third-order valence-corrected chi connectivity index (χ3v) is 2.95. The summed E-state index contributed by atoms with van der Waals surface area (Å²) in [7, 11) is 0. The van der Waals surface area contributed by atoms with Crippen LogP contribution in [0.2, 0.25) is 0 Å². The van der Waals surface area contributed by atoms with Gasteiger partial charge < -0.3 is 4.74 Å². The van der Waals surface area contributed by atoms with Crippen LogP contribution in [0.3, 0.4) is 0 Å². The summed E-state index contributed by atoms with van der Waals surface area (Å²) in [5.41, 5.74) is 2.56. The first kappa shape index (κ1) is 13.7. The van der Waals surface area contributed by atoms with Crippen LogP contribution in [0.4, 0.5) is 0 Å². The van der Waals surface area contributed by atoms with Gasteiger partial charge in [0.15, 0.2) is 0 Å². The number of ether oxygens (including phenoxy) is 1. The molecule has 3 heteroatoms. The van der Waals surface area contributed by atoms with Gasteiger partial charge in [-0.1, -0.05) is 12.1 Å². The van der Waals surface area contributed by atoms with Crippen LogP contribution >= 0.6 is 0 Å². The van der Waals surface area contributed by atoms with E-state index in [-0.39, 0.29) is 0 Å². The lowest BCUT2D eigenvalue weighted by atomic mass is 10.1. The van der Waals surface area contributed by atoms with Crippen LogP contribution in [0.25, 0.3) is 0 Å². The van der Waals surface area contributed by atoms with Gasteiger partial charge in [-0.3, -0.25) is 9.97 Å². The van der Waals surface area contributed by atoms with E-state index in [1.54, 1.807) is 12.4 Å². The predicted octanol–water partition coefficient (Wildman–Crippen LogP) is 3.06. The molecule has 3 nitrogen and oxygen atoms in total. The molecule has 0 bridgehead atoms. The molecule has 0 N–H and O–H groups in total. The monoisotopic (exact) mass is 256 g/mol. The minimum Gasteiger partial charge on any atom is -0.381 e. The average molecular weight is 256 g/mol. The first-order valence-corrected chi connectivity index (χ1v) is 6.81. The molecule has 0 saturated heterocycles. The molecule has 0 aliphatic carbocycles. The van der Waals surface area contributed by atoms with Crippen molar-refractivity contribution in [3.8, 4) is 0 Å². The fourth-order valence-corrected chi connectivity index (χ4v) is 1.95. The van der Waals surface area contributed by atoms with E-state index in [9.17, 15) is 0 Å². The first-order valence-electron chi connectivity index (χ1n) is 6.81. The van der Waals surface area contributed by atoms with E-state index < -0.39 is 0 Å². The van der Waals surface area contributed by atoms with Crippen molar-refractivity contribution < 1.29 is 4.74 Å². The normalized spacial score (nSPS) is 10.5. The second kappa shape index (κ2) is 8.38. The molecule has 0 spiro atoms. The molecule has 0 amide bonds. The number of nitrogens with zero attached hydrogens (tertiary/aromatic N) is 2. The summed E-state index contributed by atoms with van der Waals surface area (Å²) in [4.78, 5) is 8.20. The summed E-state index contributed by atoms with van der Waals surface area (Å²) in [6, 6.07) is 8.17. The van der Waals surface area contributed by atoms with Crippen molar-refractivity contribution in [1.29, 1.82) is 0 Å². The van der Waals surface area contributed by atoms with Gasteiger partial charge in [0, 0.05) is 38.0 Å². The van der Waals surface area contributed by atoms with Gasteiger partial charge in [0.05, 0.1) is 0 Å². The van der Waals surface area contributed by atoms with E-state index in [0.29, 0.717) is 0 Å². The number of aryl methyl sites for hydroxylation is 2. The van der Waals surface area contributed by atoms with E-state index >= 15 is 0 Å². The maximum Gasteiger partial charge on any atom is 0.0469 e. The van der Waals surface area contributed by atoms with Gasteiger partial charge in [-0.05, 0) is 48.9 Å². The third kappa shape index (κ3) is 5.62. The Hall–Kier alpha value is -1.74. The number of rotatable bonds is 8. The highest BCUT2D eigenvalue weighted by Crippen LogP contribution is 2.02. The first-order chi connectivity index (χ1) is 9.45. The molecule has 0 saturated carbocycles. The molecule has 100 valence electrons. The van der Waals surface area contributed by atoms with E-state index in [2.05, 4.69) is 22.1 Å². The van der Waals surface area contributed by atoms with Crippen molar-refractivity contribution in [1.82, 2.24) is 9.97 Å². The average Bonchev–Trinajstić information content (AvgIpc) is 2.48. The van der Waals surface area contributed by atoms with Gasteiger partial charge in [-0.25, -0.2) is 0 Å². The zero-order chi connectivity index (χ0) is 13.2. The van der Waals surface area contributed by atoms with E-state index in [1.807, 2.05) is 24.5 Å². The Morgan fingerprint density at radius 2 is 1.32 bits per heavy atom. The van der Waals surface area contributed by atoms with Crippen LogP contribution in [-0.2, 0) is 17.6 Å². The topological polar surface area (TPSA) is 35.0 Å². The van der Waals surface area contributed by atoms with Gasteiger partial charge >= 0.3 is 0 Å². The number of hydrogen-bond donors (Lipinski definition) is 0. The molecular formula is C16H20N2O. The molecule has 2 aromatic heterocycles. The molecule has 0 fully saturated rings. The van der Waals surface area contributed by atoms with Crippen molar-refractivity contribution >= 4 is 0 Å². The molecule has 19 heavy (non-hydrogen) atoms. The molecular weight excluding hydrogens is 236 g/mol. The molecule has 2 aromatic rings. The molecule has 0 atom stereocenters. The van der Waals surface area contributed by atoms with Crippen molar-refractivity contribution in [2.24, 2.45) is 0 Å².